The van der Waals surface area contributed by atoms with Gasteiger partial charge in [0.1, 0.15) is 12.4 Å². The maximum absolute atomic E-state index is 12.9. The molecule has 210 valence electrons. The number of sulfone groups is 1. The third kappa shape index (κ3) is 5.09. The Labute approximate surface area is 241 Å². The number of anilines is 2. The number of nitrogens with zero attached hydrogens (tertiary/aromatic N) is 4. The Bertz CT molecular complexity index is 1810. The minimum atomic E-state index is -3.51. The van der Waals surface area contributed by atoms with Crippen LogP contribution in [-0.4, -0.2) is 54.8 Å². The van der Waals surface area contributed by atoms with Crippen LogP contribution in [0.15, 0.2) is 53.6 Å². The van der Waals surface area contributed by atoms with Crippen LogP contribution in [0.3, 0.4) is 0 Å². The lowest BCUT2D eigenvalue weighted by Gasteiger charge is -2.30. The summed E-state index contributed by atoms with van der Waals surface area (Å²) >= 11 is 6.48. The van der Waals surface area contributed by atoms with Gasteiger partial charge >= 0.3 is 0 Å². The second-order valence-corrected chi connectivity index (χ2v) is 12.9. The molecule has 0 saturated heterocycles. The first-order chi connectivity index (χ1) is 19.9. The number of benzene rings is 1. The number of rotatable bonds is 5. The summed E-state index contributed by atoms with van der Waals surface area (Å²) < 4.78 is 36.4. The van der Waals surface area contributed by atoms with Crippen molar-refractivity contribution in [3.8, 4) is 5.75 Å². The molecule has 3 aliphatic rings. The molecule has 0 radical (unpaired) electrons. The molecule has 2 aliphatic heterocycles. The van der Waals surface area contributed by atoms with Gasteiger partial charge in [0.15, 0.2) is 21.4 Å². The zero-order valence-electron chi connectivity index (χ0n) is 22.0. The number of amides is 1. The van der Waals surface area contributed by atoms with Gasteiger partial charge in [0.05, 0.1) is 58.9 Å². The standard InChI is InChI=1S/C29H26ClN5O5S/c30-22-13-24-28(34-27(22)17-1-2-17)35(7-8-40-24)26-6-5-19-14-31-21(12-23(19)33-26)15-32-29(36)18-3-4-20-16-39-9-10-41(37,38)25(20)11-18/h3-6,11-14,17H,1-2,7-10,15-16H2,(H,32,36). The van der Waals surface area contributed by atoms with Gasteiger partial charge < -0.3 is 19.7 Å². The monoisotopic (exact) mass is 591 g/mol. The van der Waals surface area contributed by atoms with E-state index in [-0.39, 0.29) is 36.0 Å². The van der Waals surface area contributed by atoms with E-state index >= 15 is 0 Å². The predicted molar refractivity (Wildman–Crippen MR) is 153 cm³/mol. The van der Waals surface area contributed by atoms with Crippen molar-refractivity contribution in [3.05, 3.63) is 76.2 Å². The molecule has 1 fully saturated rings. The quantitative estimate of drug-likeness (QED) is 0.361. The Hall–Kier alpha value is -3.80. The van der Waals surface area contributed by atoms with Crippen molar-refractivity contribution >= 4 is 49.9 Å². The van der Waals surface area contributed by atoms with E-state index in [1.54, 1.807) is 18.3 Å². The van der Waals surface area contributed by atoms with E-state index in [0.29, 0.717) is 46.9 Å². The van der Waals surface area contributed by atoms with Crippen LogP contribution in [0.4, 0.5) is 11.6 Å². The number of halogens is 1. The zero-order chi connectivity index (χ0) is 28.1. The van der Waals surface area contributed by atoms with Crippen LogP contribution in [0.1, 0.15) is 46.1 Å². The molecular weight excluding hydrogens is 566 g/mol. The summed E-state index contributed by atoms with van der Waals surface area (Å²) in [5.41, 5.74) is 3.07. The average Bonchev–Trinajstić information content (AvgIpc) is 3.83. The number of aromatic nitrogens is 3. The first-order valence-corrected chi connectivity index (χ1v) is 15.5. The minimum absolute atomic E-state index is 0.109. The first kappa shape index (κ1) is 26.1. The van der Waals surface area contributed by atoms with E-state index in [9.17, 15) is 13.2 Å². The fraction of sp³-hybridized carbons (Fsp3) is 0.310. The number of ether oxygens (including phenoxy) is 2. The summed E-state index contributed by atoms with van der Waals surface area (Å²) in [6, 6.07) is 12.2. The smallest absolute Gasteiger partial charge is 0.251 e. The zero-order valence-corrected chi connectivity index (χ0v) is 23.5. The largest absolute Gasteiger partial charge is 0.488 e. The highest BCUT2D eigenvalue weighted by atomic mass is 35.5. The van der Waals surface area contributed by atoms with Crippen LogP contribution in [0.25, 0.3) is 10.9 Å². The van der Waals surface area contributed by atoms with Crippen molar-refractivity contribution in [1.29, 1.82) is 0 Å². The molecule has 1 saturated carbocycles. The van der Waals surface area contributed by atoms with Crippen molar-refractivity contribution in [2.75, 3.05) is 30.4 Å². The summed E-state index contributed by atoms with van der Waals surface area (Å²) in [7, 11) is -3.51. The predicted octanol–water partition coefficient (Wildman–Crippen LogP) is 4.32. The summed E-state index contributed by atoms with van der Waals surface area (Å²) in [6.07, 6.45) is 3.90. The van der Waals surface area contributed by atoms with Crippen molar-refractivity contribution in [2.24, 2.45) is 0 Å². The van der Waals surface area contributed by atoms with Gasteiger partial charge in [0.25, 0.3) is 5.91 Å². The molecule has 1 N–H and O–H groups in total. The van der Waals surface area contributed by atoms with Crippen LogP contribution in [-0.2, 0) is 27.7 Å². The fourth-order valence-electron chi connectivity index (χ4n) is 5.13. The van der Waals surface area contributed by atoms with Gasteiger partial charge in [-0.3, -0.25) is 9.78 Å². The van der Waals surface area contributed by atoms with Gasteiger partial charge in [-0.1, -0.05) is 17.7 Å². The summed E-state index contributed by atoms with van der Waals surface area (Å²) in [6.45, 7) is 1.57. The number of hydrogen-bond acceptors (Lipinski definition) is 9. The van der Waals surface area contributed by atoms with Crippen molar-refractivity contribution in [2.45, 2.75) is 36.8 Å². The van der Waals surface area contributed by atoms with E-state index in [1.165, 1.54) is 6.07 Å². The summed E-state index contributed by atoms with van der Waals surface area (Å²) in [4.78, 5) is 29.4. The van der Waals surface area contributed by atoms with E-state index in [1.807, 2.05) is 29.2 Å². The highest BCUT2D eigenvalue weighted by Crippen LogP contribution is 2.46. The van der Waals surface area contributed by atoms with Gasteiger partial charge in [-0.2, -0.15) is 0 Å². The number of fused-ring (bicyclic) bond motifs is 3. The molecule has 0 unspecified atom stereocenters. The molecule has 5 heterocycles. The lowest BCUT2D eigenvalue weighted by molar-refractivity contribution is 0.0950. The van der Waals surface area contributed by atoms with Crippen molar-refractivity contribution in [3.63, 3.8) is 0 Å². The Morgan fingerprint density at radius 1 is 1.10 bits per heavy atom. The Morgan fingerprint density at radius 2 is 1.98 bits per heavy atom. The van der Waals surface area contributed by atoms with Gasteiger partial charge in [-0.05, 0) is 48.7 Å². The minimum Gasteiger partial charge on any atom is -0.488 e. The molecule has 0 bridgehead atoms. The second kappa shape index (κ2) is 10.2. The number of nitrogens with one attached hydrogen (secondary N) is 1. The van der Waals surface area contributed by atoms with Crippen LogP contribution in [0.5, 0.6) is 5.75 Å². The lowest BCUT2D eigenvalue weighted by atomic mass is 10.1. The molecule has 3 aromatic heterocycles. The maximum atomic E-state index is 12.9. The lowest BCUT2D eigenvalue weighted by Crippen LogP contribution is -2.30. The van der Waals surface area contributed by atoms with Crippen LogP contribution >= 0.6 is 11.6 Å². The highest BCUT2D eigenvalue weighted by Gasteiger charge is 2.31. The van der Waals surface area contributed by atoms with Crippen LogP contribution in [0.2, 0.25) is 5.02 Å². The molecule has 1 aliphatic carbocycles. The third-order valence-electron chi connectivity index (χ3n) is 7.48. The molecule has 10 nitrogen and oxygen atoms in total. The maximum Gasteiger partial charge on any atom is 0.251 e. The normalized spacial score (nSPS) is 17.7. The van der Waals surface area contributed by atoms with E-state index in [2.05, 4.69) is 10.3 Å². The Morgan fingerprint density at radius 3 is 2.83 bits per heavy atom. The number of pyridine rings is 3. The van der Waals surface area contributed by atoms with Gasteiger partial charge in [0, 0.05) is 29.1 Å². The topological polar surface area (TPSA) is 124 Å². The average molecular weight is 592 g/mol. The molecule has 41 heavy (non-hydrogen) atoms. The number of hydrogen-bond donors (Lipinski definition) is 1. The van der Waals surface area contributed by atoms with Gasteiger partial charge in [0.2, 0.25) is 0 Å². The van der Waals surface area contributed by atoms with E-state index in [0.717, 1.165) is 35.3 Å². The SMILES string of the molecule is O=C(NCc1cc2nc(N3CCOc4cc(Cl)c(C5CC5)nc43)ccc2cn1)c1ccc2c(c1)S(=O)(=O)CCOC2. The second-order valence-electron chi connectivity index (χ2n) is 10.4. The third-order valence-corrected chi connectivity index (χ3v) is 9.54. The molecular formula is C29H26ClN5O5S. The Kier molecular flexibility index (Phi) is 6.52. The number of carbonyl (C=O) groups excluding carboxylic acids is 1. The number of carbonyl (C=O) groups is 1. The molecule has 0 atom stereocenters. The molecule has 1 aromatic carbocycles. The molecule has 0 spiro atoms. The van der Waals surface area contributed by atoms with Crippen molar-refractivity contribution in [1.82, 2.24) is 20.3 Å². The van der Waals surface area contributed by atoms with Crippen LogP contribution in [0, 0.1) is 0 Å². The molecule has 1 amide bonds. The first-order valence-electron chi connectivity index (χ1n) is 13.4. The van der Waals surface area contributed by atoms with Crippen molar-refractivity contribution < 1.29 is 22.7 Å². The highest BCUT2D eigenvalue weighted by molar-refractivity contribution is 7.91. The molecule has 4 aromatic rings. The van der Waals surface area contributed by atoms with Gasteiger partial charge in [-0.25, -0.2) is 18.4 Å². The molecule has 12 heteroatoms. The summed E-state index contributed by atoms with van der Waals surface area (Å²) in [5, 5.41) is 4.34. The molecule has 7 rings (SSSR count). The van der Waals surface area contributed by atoms with E-state index < -0.39 is 15.7 Å². The van der Waals surface area contributed by atoms with Gasteiger partial charge in [-0.15, -0.1) is 0 Å². The van der Waals surface area contributed by atoms with Crippen LogP contribution < -0.4 is 15.0 Å². The fourth-order valence-corrected chi connectivity index (χ4v) is 6.81. The Balaban J connectivity index is 1.12. The van der Waals surface area contributed by atoms with E-state index in [4.69, 9.17) is 31.0 Å². The summed E-state index contributed by atoms with van der Waals surface area (Å²) in [5.74, 6) is 1.99.